The molecule has 1 aliphatic heterocycles. The molecule has 0 aromatic heterocycles. The second kappa shape index (κ2) is 5.17. The van der Waals surface area contributed by atoms with Crippen LogP contribution in [-0.4, -0.2) is 54.0 Å². The highest BCUT2D eigenvalue weighted by Gasteiger charge is 2.36. The molecule has 3 aliphatic rings. The van der Waals surface area contributed by atoms with E-state index in [9.17, 15) is 4.79 Å². The fourth-order valence-corrected chi connectivity index (χ4v) is 2.81. The highest BCUT2D eigenvalue weighted by atomic mass is 16.2. The number of hydrogen-bond donors (Lipinski definition) is 1. The smallest absolute Gasteiger partial charge is 0.237 e. The minimum Gasteiger partial charge on any atom is -0.338 e. The lowest BCUT2D eigenvalue weighted by molar-refractivity contribution is -0.133. The zero-order chi connectivity index (χ0) is 12.5. The van der Waals surface area contributed by atoms with E-state index in [4.69, 9.17) is 5.73 Å². The highest BCUT2D eigenvalue weighted by Crippen LogP contribution is 2.34. The molecule has 2 aliphatic carbocycles. The molecule has 0 bridgehead atoms. The summed E-state index contributed by atoms with van der Waals surface area (Å²) in [5, 5.41) is 0. The summed E-state index contributed by atoms with van der Waals surface area (Å²) in [6.07, 6.45) is 7.19. The SMILES string of the molecule is NC1CCN(CC(=O)N(CC2CC2)C2CC2)CC1. The van der Waals surface area contributed by atoms with E-state index in [1.807, 2.05) is 0 Å². The first kappa shape index (κ1) is 12.4. The quantitative estimate of drug-likeness (QED) is 0.786. The summed E-state index contributed by atoms with van der Waals surface area (Å²) in [4.78, 5) is 16.8. The van der Waals surface area contributed by atoms with Gasteiger partial charge in [0, 0.05) is 31.7 Å². The van der Waals surface area contributed by atoms with Gasteiger partial charge in [-0.25, -0.2) is 0 Å². The van der Waals surface area contributed by atoms with Gasteiger partial charge in [-0.2, -0.15) is 0 Å². The van der Waals surface area contributed by atoms with Gasteiger partial charge in [-0.3, -0.25) is 9.69 Å². The highest BCUT2D eigenvalue weighted by molar-refractivity contribution is 5.79. The number of carbonyl (C=O) groups excluding carboxylic acids is 1. The van der Waals surface area contributed by atoms with E-state index < -0.39 is 0 Å². The van der Waals surface area contributed by atoms with Crippen LogP contribution in [0.1, 0.15) is 38.5 Å². The third kappa shape index (κ3) is 3.23. The number of rotatable bonds is 5. The third-order valence-electron chi connectivity index (χ3n) is 4.45. The summed E-state index contributed by atoms with van der Waals surface area (Å²) in [6.45, 7) is 3.64. The molecule has 102 valence electrons. The van der Waals surface area contributed by atoms with Crippen molar-refractivity contribution in [2.75, 3.05) is 26.2 Å². The molecule has 4 heteroatoms. The van der Waals surface area contributed by atoms with Crippen LogP contribution in [0.25, 0.3) is 0 Å². The number of hydrogen-bond acceptors (Lipinski definition) is 3. The van der Waals surface area contributed by atoms with Crippen molar-refractivity contribution in [2.24, 2.45) is 11.7 Å². The number of amides is 1. The van der Waals surface area contributed by atoms with E-state index >= 15 is 0 Å². The van der Waals surface area contributed by atoms with E-state index in [2.05, 4.69) is 9.80 Å². The maximum absolute atomic E-state index is 12.4. The fourth-order valence-electron chi connectivity index (χ4n) is 2.81. The molecular formula is C14H25N3O. The summed E-state index contributed by atoms with van der Waals surface area (Å²) in [5.41, 5.74) is 5.90. The molecule has 0 atom stereocenters. The standard InChI is InChI=1S/C14H25N3O/c15-12-5-7-16(8-6-12)10-14(18)17(13-3-4-13)9-11-1-2-11/h11-13H,1-10,15H2. The minimum atomic E-state index is 0.349. The Morgan fingerprint density at radius 1 is 1.11 bits per heavy atom. The third-order valence-corrected chi connectivity index (χ3v) is 4.45. The van der Waals surface area contributed by atoms with Gasteiger partial charge in [0.15, 0.2) is 0 Å². The molecular weight excluding hydrogens is 226 g/mol. The minimum absolute atomic E-state index is 0.349. The lowest BCUT2D eigenvalue weighted by atomic mass is 10.1. The maximum Gasteiger partial charge on any atom is 0.237 e. The normalized spacial score (nSPS) is 26.3. The molecule has 1 amide bonds. The second-order valence-corrected chi connectivity index (χ2v) is 6.33. The van der Waals surface area contributed by atoms with Gasteiger partial charge in [0.2, 0.25) is 5.91 Å². The molecule has 3 rings (SSSR count). The second-order valence-electron chi connectivity index (χ2n) is 6.33. The fraction of sp³-hybridized carbons (Fsp3) is 0.929. The molecule has 1 saturated heterocycles. The van der Waals surface area contributed by atoms with Crippen LogP contribution in [0.2, 0.25) is 0 Å². The number of piperidine rings is 1. The Bertz CT molecular complexity index is 304. The van der Waals surface area contributed by atoms with Gasteiger partial charge in [-0.1, -0.05) is 0 Å². The molecule has 0 radical (unpaired) electrons. The zero-order valence-corrected chi connectivity index (χ0v) is 11.2. The molecule has 0 spiro atoms. The van der Waals surface area contributed by atoms with Crippen LogP contribution in [0, 0.1) is 5.92 Å². The topological polar surface area (TPSA) is 49.6 Å². The van der Waals surface area contributed by atoms with Crippen LogP contribution < -0.4 is 5.73 Å². The average molecular weight is 251 g/mol. The molecule has 3 fully saturated rings. The van der Waals surface area contributed by atoms with Crippen molar-refractivity contribution in [1.82, 2.24) is 9.80 Å². The summed E-state index contributed by atoms with van der Waals surface area (Å²) < 4.78 is 0. The lowest BCUT2D eigenvalue weighted by Gasteiger charge is -2.32. The van der Waals surface area contributed by atoms with Crippen molar-refractivity contribution in [3.05, 3.63) is 0 Å². The Kier molecular flexibility index (Phi) is 3.57. The van der Waals surface area contributed by atoms with Gasteiger partial charge in [0.25, 0.3) is 0 Å². The monoisotopic (exact) mass is 251 g/mol. The molecule has 2 N–H and O–H groups in total. The average Bonchev–Trinajstić information content (AvgIpc) is 3.23. The van der Waals surface area contributed by atoms with Gasteiger partial charge in [0.05, 0.1) is 6.54 Å². The Hall–Kier alpha value is -0.610. The molecule has 0 aromatic carbocycles. The predicted molar refractivity (Wildman–Crippen MR) is 71.1 cm³/mol. The van der Waals surface area contributed by atoms with E-state index in [1.54, 1.807) is 0 Å². The number of nitrogens with two attached hydrogens (primary N) is 1. The van der Waals surface area contributed by atoms with E-state index in [1.165, 1.54) is 25.7 Å². The van der Waals surface area contributed by atoms with Crippen molar-refractivity contribution < 1.29 is 4.79 Å². The Morgan fingerprint density at radius 2 is 1.78 bits per heavy atom. The first-order valence-corrected chi connectivity index (χ1v) is 7.50. The van der Waals surface area contributed by atoms with Crippen molar-refractivity contribution in [3.63, 3.8) is 0 Å². The lowest BCUT2D eigenvalue weighted by Crippen LogP contribution is -2.46. The van der Waals surface area contributed by atoms with Gasteiger partial charge in [-0.05, 0) is 44.4 Å². The van der Waals surface area contributed by atoms with Crippen LogP contribution in [-0.2, 0) is 4.79 Å². The number of likely N-dealkylation sites (tertiary alicyclic amines) is 1. The summed E-state index contributed by atoms with van der Waals surface area (Å²) >= 11 is 0. The largest absolute Gasteiger partial charge is 0.338 e. The van der Waals surface area contributed by atoms with Crippen LogP contribution in [0.5, 0.6) is 0 Å². The summed E-state index contributed by atoms with van der Waals surface area (Å²) in [7, 11) is 0. The van der Waals surface area contributed by atoms with Crippen molar-refractivity contribution in [1.29, 1.82) is 0 Å². The van der Waals surface area contributed by atoms with Crippen molar-refractivity contribution in [2.45, 2.75) is 50.6 Å². The zero-order valence-electron chi connectivity index (χ0n) is 11.2. The number of carbonyl (C=O) groups is 1. The van der Waals surface area contributed by atoms with Crippen LogP contribution in [0.4, 0.5) is 0 Å². The van der Waals surface area contributed by atoms with Gasteiger partial charge < -0.3 is 10.6 Å². The molecule has 18 heavy (non-hydrogen) atoms. The van der Waals surface area contributed by atoms with Crippen molar-refractivity contribution in [3.8, 4) is 0 Å². The molecule has 4 nitrogen and oxygen atoms in total. The first-order valence-electron chi connectivity index (χ1n) is 7.50. The van der Waals surface area contributed by atoms with Crippen LogP contribution >= 0.6 is 0 Å². The van der Waals surface area contributed by atoms with Crippen molar-refractivity contribution >= 4 is 5.91 Å². The Balaban J connectivity index is 1.48. The van der Waals surface area contributed by atoms with E-state index in [0.717, 1.165) is 38.4 Å². The maximum atomic E-state index is 12.4. The summed E-state index contributed by atoms with van der Waals surface area (Å²) in [6, 6.07) is 0.924. The Morgan fingerprint density at radius 3 is 2.33 bits per heavy atom. The van der Waals surface area contributed by atoms with Crippen LogP contribution in [0.15, 0.2) is 0 Å². The molecule has 0 aromatic rings. The van der Waals surface area contributed by atoms with E-state index in [-0.39, 0.29) is 0 Å². The van der Waals surface area contributed by atoms with Gasteiger partial charge in [0.1, 0.15) is 0 Å². The van der Waals surface area contributed by atoms with Gasteiger partial charge >= 0.3 is 0 Å². The van der Waals surface area contributed by atoms with E-state index in [0.29, 0.717) is 24.5 Å². The molecule has 2 saturated carbocycles. The Labute approximate surface area is 109 Å². The number of nitrogens with zero attached hydrogens (tertiary/aromatic N) is 2. The van der Waals surface area contributed by atoms with Gasteiger partial charge in [-0.15, -0.1) is 0 Å². The van der Waals surface area contributed by atoms with Crippen LogP contribution in [0.3, 0.4) is 0 Å². The first-order chi connectivity index (χ1) is 8.72. The summed E-state index contributed by atoms with van der Waals surface area (Å²) in [5.74, 6) is 1.17. The predicted octanol–water partition coefficient (Wildman–Crippen LogP) is 0.810. The molecule has 0 unspecified atom stereocenters. The molecule has 1 heterocycles.